The fourth-order valence-corrected chi connectivity index (χ4v) is 4.39. The minimum Gasteiger partial charge on any atom is -0.494 e. The first-order valence-corrected chi connectivity index (χ1v) is 9.11. The van der Waals surface area contributed by atoms with Crippen molar-refractivity contribution >= 4 is 37.6 Å². The third-order valence-corrected chi connectivity index (χ3v) is 5.01. The monoisotopic (exact) mass is 398 g/mol. The third-order valence-electron chi connectivity index (χ3n) is 2.78. The number of nitrogens with two attached hydrogens (primary N) is 1. The van der Waals surface area contributed by atoms with Crippen molar-refractivity contribution < 1.29 is 13.2 Å². The van der Waals surface area contributed by atoms with Crippen molar-refractivity contribution in [1.29, 1.82) is 0 Å². The van der Waals surface area contributed by atoms with Crippen LogP contribution < -0.4 is 15.2 Å². The molecule has 0 saturated carbocycles. The van der Waals surface area contributed by atoms with Gasteiger partial charge < -0.3 is 10.5 Å². The van der Waals surface area contributed by atoms with Crippen LogP contribution in [0.3, 0.4) is 0 Å². The molecule has 0 aliphatic carbocycles. The minimum absolute atomic E-state index is 0.0129. The molecule has 21 heavy (non-hydrogen) atoms. The molecule has 1 aromatic rings. The van der Waals surface area contributed by atoms with Crippen molar-refractivity contribution in [2.75, 3.05) is 13.7 Å². The Bertz CT molecular complexity index is 593. The highest BCUT2D eigenvalue weighted by Gasteiger charge is 2.23. The summed E-state index contributed by atoms with van der Waals surface area (Å²) >= 11 is 9.15. The SMILES string of the molecule is COc1c(Br)cc(Cl)cc1S(=O)(=O)NCC(N)CC(C)C. The van der Waals surface area contributed by atoms with Crippen LogP contribution in [-0.4, -0.2) is 28.1 Å². The standard InChI is InChI=1S/C13H20BrClN2O3S/c1-8(2)4-10(16)7-17-21(18,19)12-6-9(15)5-11(14)13(12)20-3/h5-6,8,10,17H,4,7,16H2,1-3H3. The molecule has 1 rings (SSSR count). The summed E-state index contributed by atoms with van der Waals surface area (Å²) in [5, 5.41) is 0.300. The second-order valence-corrected chi connectivity index (χ2v) is 8.19. The van der Waals surface area contributed by atoms with Crippen LogP contribution in [0.1, 0.15) is 20.3 Å². The van der Waals surface area contributed by atoms with E-state index >= 15 is 0 Å². The van der Waals surface area contributed by atoms with Crippen molar-refractivity contribution in [2.45, 2.75) is 31.2 Å². The predicted octanol–water partition coefficient (Wildman–Crippen LogP) is 2.76. The highest BCUT2D eigenvalue weighted by Crippen LogP contribution is 2.35. The molecule has 1 unspecified atom stereocenters. The molecule has 0 bridgehead atoms. The molecule has 8 heteroatoms. The van der Waals surface area contributed by atoms with Gasteiger partial charge in [-0.25, -0.2) is 13.1 Å². The summed E-state index contributed by atoms with van der Waals surface area (Å²) in [6, 6.07) is 2.68. The van der Waals surface area contributed by atoms with Gasteiger partial charge in [-0.2, -0.15) is 0 Å². The molecule has 0 aromatic heterocycles. The molecule has 1 aromatic carbocycles. The number of rotatable bonds is 7. The highest BCUT2D eigenvalue weighted by molar-refractivity contribution is 9.10. The Labute approximate surface area is 139 Å². The summed E-state index contributed by atoms with van der Waals surface area (Å²) in [7, 11) is -2.35. The van der Waals surface area contributed by atoms with Gasteiger partial charge in [0, 0.05) is 17.6 Å². The lowest BCUT2D eigenvalue weighted by molar-refractivity contribution is 0.399. The van der Waals surface area contributed by atoms with Crippen LogP contribution in [0.25, 0.3) is 0 Å². The van der Waals surface area contributed by atoms with Gasteiger partial charge in [0.2, 0.25) is 10.0 Å². The molecule has 0 saturated heterocycles. The summed E-state index contributed by atoms with van der Waals surface area (Å²) in [6.45, 7) is 4.23. The number of methoxy groups -OCH3 is 1. The Morgan fingerprint density at radius 2 is 2.05 bits per heavy atom. The van der Waals surface area contributed by atoms with Crippen LogP contribution in [-0.2, 0) is 10.0 Å². The second-order valence-electron chi connectivity index (χ2n) is 5.16. The van der Waals surface area contributed by atoms with E-state index in [0.29, 0.717) is 15.4 Å². The molecule has 0 aliphatic rings. The van der Waals surface area contributed by atoms with Crippen molar-refractivity contribution in [3.8, 4) is 5.75 Å². The zero-order valence-electron chi connectivity index (χ0n) is 12.2. The summed E-state index contributed by atoms with van der Waals surface area (Å²) in [6.07, 6.45) is 0.735. The number of nitrogens with one attached hydrogen (secondary N) is 1. The lowest BCUT2D eigenvalue weighted by Crippen LogP contribution is -2.38. The quantitative estimate of drug-likeness (QED) is 0.738. The zero-order valence-corrected chi connectivity index (χ0v) is 15.3. The normalized spacial score (nSPS) is 13.5. The van der Waals surface area contributed by atoms with Crippen molar-refractivity contribution in [2.24, 2.45) is 11.7 Å². The van der Waals surface area contributed by atoms with Crippen molar-refractivity contribution in [1.82, 2.24) is 4.72 Å². The molecule has 0 aliphatic heterocycles. The van der Waals surface area contributed by atoms with Gasteiger partial charge in [0.25, 0.3) is 0 Å². The van der Waals surface area contributed by atoms with E-state index < -0.39 is 10.0 Å². The predicted molar refractivity (Wildman–Crippen MR) is 88.3 cm³/mol. The van der Waals surface area contributed by atoms with Gasteiger partial charge in [0.1, 0.15) is 4.90 Å². The maximum atomic E-state index is 12.4. The molecule has 0 radical (unpaired) electrons. The van der Waals surface area contributed by atoms with E-state index in [0.717, 1.165) is 6.42 Å². The number of benzene rings is 1. The smallest absolute Gasteiger partial charge is 0.244 e. The lowest BCUT2D eigenvalue weighted by Gasteiger charge is -2.16. The summed E-state index contributed by atoms with van der Waals surface area (Å²) < 4.78 is 32.9. The van der Waals surface area contributed by atoms with Crippen LogP contribution >= 0.6 is 27.5 Å². The van der Waals surface area contributed by atoms with Gasteiger partial charge in [-0.05, 0) is 40.4 Å². The van der Waals surface area contributed by atoms with Crippen LogP contribution in [0.5, 0.6) is 5.75 Å². The molecular formula is C13H20BrClN2O3S. The fraction of sp³-hybridized carbons (Fsp3) is 0.538. The van der Waals surface area contributed by atoms with Gasteiger partial charge in [-0.15, -0.1) is 0 Å². The molecule has 0 fully saturated rings. The highest BCUT2D eigenvalue weighted by atomic mass is 79.9. The number of sulfonamides is 1. The van der Waals surface area contributed by atoms with E-state index in [1.165, 1.54) is 13.2 Å². The van der Waals surface area contributed by atoms with Crippen molar-refractivity contribution in [3.05, 3.63) is 21.6 Å². The first-order chi connectivity index (χ1) is 9.67. The Morgan fingerprint density at radius 1 is 1.43 bits per heavy atom. The number of hydrogen-bond donors (Lipinski definition) is 2. The minimum atomic E-state index is -3.75. The average molecular weight is 400 g/mol. The van der Waals surface area contributed by atoms with Gasteiger partial charge in [0.05, 0.1) is 11.6 Å². The number of ether oxygens (including phenoxy) is 1. The van der Waals surface area contributed by atoms with E-state index in [1.54, 1.807) is 6.07 Å². The summed E-state index contributed by atoms with van der Waals surface area (Å²) in [4.78, 5) is -0.0129. The number of hydrogen-bond acceptors (Lipinski definition) is 4. The summed E-state index contributed by atoms with van der Waals surface area (Å²) in [5.74, 6) is 0.615. The van der Waals surface area contributed by atoms with E-state index in [4.69, 9.17) is 22.1 Å². The van der Waals surface area contributed by atoms with E-state index in [9.17, 15) is 8.42 Å². The van der Waals surface area contributed by atoms with Crippen LogP contribution in [0.15, 0.2) is 21.5 Å². The maximum Gasteiger partial charge on any atom is 0.244 e. The molecule has 120 valence electrons. The molecule has 5 nitrogen and oxygen atoms in total. The number of halogens is 2. The van der Waals surface area contributed by atoms with Crippen LogP contribution in [0, 0.1) is 5.92 Å². The Hall–Kier alpha value is -0.340. The molecule has 0 amide bonds. The molecule has 0 heterocycles. The third kappa shape index (κ3) is 5.41. The van der Waals surface area contributed by atoms with Crippen LogP contribution in [0.4, 0.5) is 0 Å². The second kappa shape index (κ2) is 7.78. The van der Waals surface area contributed by atoms with Gasteiger partial charge in [-0.3, -0.25) is 0 Å². The lowest BCUT2D eigenvalue weighted by atomic mass is 10.1. The van der Waals surface area contributed by atoms with Crippen LogP contribution in [0.2, 0.25) is 5.02 Å². The largest absolute Gasteiger partial charge is 0.494 e. The Balaban J connectivity index is 2.98. The molecule has 0 spiro atoms. The van der Waals surface area contributed by atoms with E-state index in [2.05, 4.69) is 20.7 Å². The van der Waals surface area contributed by atoms with E-state index in [1.807, 2.05) is 13.8 Å². The molecular weight excluding hydrogens is 380 g/mol. The maximum absolute atomic E-state index is 12.4. The summed E-state index contributed by atoms with van der Waals surface area (Å²) in [5.41, 5.74) is 5.90. The molecule has 1 atom stereocenters. The van der Waals surface area contributed by atoms with Gasteiger partial charge in [0.15, 0.2) is 5.75 Å². The average Bonchev–Trinajstić information content (AvgIpc) is 2.35. The van der Waals surface area contributed by atoms with E-state index in [-0.39, 0.29) is 23.2 Å². The van der Waals surface area contributed by atoms with Gasteiger partial charge in [-0.1, -0.05) is 25.4 Å². The van der Waals surface area contributed by atoms with Crippen molar-refractivity contribution in [3.63, 3.8) is 0 Å². The first kappa shape index (κ1) is 18.7. The van der Waals surface area contributed by atoms with Gasteiger partial charge >= 0.3 is 0 Å². The topological polar surface area (TPSA) is 81.4 Å². The first-order valence-electron chi connectivity index (χ1n) is 6.45. The fourth-order valence-electron chi connectivity index (χ4n) is 1.92. The molecule has 3 N–H and O–H groups in total. The Morgan fingerprint density at radius 3 is 2.57 bits per heavy atom. The Kier molecular flexibility index (Phi) is 6.93. The zero-order chi connectivity index (χ0) is 16.2.